The van der Waals surface area contributed by atoms with Crippen LogP contribution in [-0.2, 0) is 26.9 Å². The Morgan fingerprint density at radius 3 is 2.60 bits per heavy atom. The number of nitrogens with zero attached hydrogens (tertiary/aromatic N) is 6. The molecule has 10 heteroatoms. The van der Waals surface area contributed by atoms with Gasteiger partial charge in [0.1, 0.15) is 18.1 Å². The van der Waals surface area contributed by atoms with Crippen molar-refractivity contribution in [2.24, 2.45) is 7.05 Å². The van der Waals surface area contributed by atoms with E-state index in [0.717, 1.165) is 50.0 Å². The van der Waals surface area contributed by atoms with Crippen molar-refractivity contribution >= 4 is 23.8 Å². The van der Waals surface area contributed by atoms with Crippen LogP contribution in [0.15, 0.2) is 34.9 Å². The van der Waals surface area contributed by atoms with E-state index in [0.29, 0.717) is 28.8 Å². The molecule has 30 heavy (non-hydrogen) atoms. The molecular formula is C20H25ClN6O2S. The fourth-order valence-electron chi connectivity index (χ4n) is 3.45. The van der Waals surface area contributed by atoms with E-state index in [-0.39, 0.29) is 0 Å². The Labute approximate surface area is 185 Å². The fourth-order valence-corrected chi connectivity index (χ4v) is 3.85. The lowest BCUT2D eigenvalue weighted by molar-refractivity contribution is 0.0963. The molecule has 2 aromatic heterocycles. The van der Waals surface area contributed by atoms with Crippen molar-refractivity contribution in [2.45, 2.75) is 26.7 Å². The van der Waals surface area contributed by atoms with Gasteiger partial charge >= 0.3 is 0 Å². The summed E-state index contributed by atoms with van der Waals surface area (Å²) in [4.78, 5) is 4.74. The third-order valence-corrected chi connectivity index (χ3v) is 5.98. The molecule has 1 aliphatic heterocycles. The van der Waals surface area contributed by atoms with Gasteiger partial charge in [-0.1, -0.05) is 28.9 Å². The molecule has 0 radical (unpaired) electrons. The monoisotopic (exact) mass is 448 g/mol. The first-order valence-electron chi connectivity index (χ1n) is 9.86. The number of aromatic nitrogens is 4. The standard InChI is InChI=1S/C20H25ClN6O2S/c1-15-11-16(23-29-15)12-25-7-9-26(10-8-25)14-27-20(30)24(2)19(22-27)13-28-18-6-4-3-5-17(18)21/h3-6,11H,7-10,12-14H2,1-2H3. The topological polar surface area (TPSA) is 64.5 Å². The van der Waals surface area contributed by atoms with E-state index in [1.54, 1.807) is 6.07 Å². The summed E-state index contributed by atoms with van der Waals surface area (Å²) in [6, 6.07) is 9.40. The average molecular weight is 449 g/mol. The highest BCUT2D eigenvalue weighted by molar-refractivity contribution is 7.71. The van der Waals surface area contributed by atoms with Gasteiger partial charge in [0.2, 0.25) is 0 Å². The van der Waals surface area contributed by atoms with Gasteiger partial charge in [0.25, 0.3) is 0 Å². The van der Waals surface area contributed by atoms with Crippen molar-refractivity contribution < 1.29 is 9.26 Å². The van der Waals surface area contributed by atoms with Crippen LogP contribution in [0.25, 0.3) is 0 Å². The van der Waals surface area contributed by atoms with Crippen molar-refractivity contribution in [3.63, 3.8) is 0 Å². The second kappa shape index (κ2) is 9.30. The lowest BCUT2D eigenvalue weighted by Crippen LogP contribution is -2.46. The van der Waals surface area contributed by atoms with E-state index in [1.165, 1.54) is 0 Å². The summed E-state index contributed by atoms with van der Waals surface area (Å²) in [5.74, 6) is 2.25. The molecule has 160 valence electrons. The molecule has 0 atom stereocenters. The van der Waals surface area contributed by atoms with E-state index in [4.69, 9.17) is 33.1 Å². The largest absolute Gasteiger partial charge is 0.484 e. The summed E-state index contributed by atoms with van der Waals surface area (Å²) in [6.45, 7) is 7.53. The van der Waals surface area contributed by atoms with Gasteiger partial charge in [0, 0.05) is 45.8 Å². The van der Waals surface area contributed by atoms with Gasteiger partial charge < -0.3 is 13.8 Å². The number of benzene rings is 1. The minimum Gasteiger partial charge on any atom is -0.484 e. The van der Waals surface area contributed by atoms with Gasteiger partial charge in [-0.05, 0) is 31.3 Å². The average Bonchev–Trinajstić information content (AvgIpc) is 3.26. The Kier molecular flexibility index (Phi) is 6.52. The molecule has 0 spiro atoms. The zero-order valence-corrected chi connectivity index (χ0v) is 18.7. The molecular weight excluding hydrogens is 424 g/mol. The zero-order valence-electron chi connectivity index (χ0n) is 17.1. The normalized spacial score (nSPS) is 15.6. The lowest BCUT2D eigenvalue weighted by Gasteiger charge is -2.33. The predicted octanol–water partition coefficient (Wildman–Crippen LogP) is 3.26. The van der Waals surface area contributed by atoms with Crippen molar-refractivity contribution in [2.75, 3.05) is 26.2 Å². The second-order valence-corrected chi connectivity index (χ2v) is 8.21. The Morgan fingerprint density at radius 1 is 1.17 bits per heavy atom. The number of hydrogen-bond acceptors (Lipinski definition) is 7. The van der Waals surface area contributed by atoms with Gasteiger partial charge in [0.15, 0.2) is 10.6 Å². The maximum Gasteiger partial charge on any atom is 0.198 e. The van der Waals surface area contributed by atoms with Crippen LogP contribution in [0.4, 0.5) is 0 Å². The molecule has 4 rings (SSSR count). The molecule has 0 N–H and O–H groups in total. The first-order chi connectivity index (χ1) is 14.5. The maximum atomic E-state index is 6.16. The highest BCUT2D eigenvalue weighted by atomic mass is 35.5. The smallest absolute Gasteiger partial charge is 0.198 e. The molecule has 3 aromatic rings. The second-order valence-electron chi connectivity index (χ2n) is 7.44. The van der Waals surface area contributed by atoms with E-state index < -0.39 is 0 Å². The first kappa shape index (κ1) is 21.0. The molecule has 1 aliphatic rings. The molecule has 1 fully saturated rings. The predicted molar refractivity (Wildman–Crippen MR) is 116 cm³/mol. The van der Waals surface area contributed by atoms with E-state index in [9.17, 15) is 0 Å². The molecule has 1 saturated heterocycles. The van der Waals surface area contributed by atoms with Crippen LogP contribution in [-0.4, -0.2) is 55.5 Å². The number of aryl methyl sites for hydroxylation is 1. The third kappa shape index (κ3) is 4.92. The van der Waals surface area contributed by atoms with E-state index in [1.807, 2.05) is 47.5 Å². The number of ether oxygens (including phenoxy) is 1. The van der Waals surface area contributed by atoms with Gasteiger partial charge in [-0.15, -0.1) is 0 Å². The molecule has 8 nitrogen and oxygen atoms in total. The zero-order chi connectivity index (χ0) is 21.1. The van der Waals surface area contributed by atoms with E-state index >= 15 is 0 Å². The molecule has 3 heterocycles. The van der Waals surface area contributed by atoms with Crippen LogP contribution >= 0.6 is 23.8 Å². The van der Waals surface area contributed by atoms with Crippen LogP contribution in [0.3, 0.4) is 0 Å². The van der Waals surface area contributed by atoms with Gasteiger partial charge in [-0.3, -0.25) is 9.80 Å². The first-order valence-corrected chi connectivity index (χ1v) is 10.6. The molecule has 0 bridgehead atoms. The minimum atomic E-state index is 0.307. The number of hydrogen-bond donors (Lipinski definition) is 0. The Morgan fingerprint density at radius 2 is 1.90 bits per heavy atom. The Hall–Kier alpha value is -2.20. The third-order valence-electron chi connectivity index (χ3n) is 5.19. The van der Waals surface area contributed by atoms with Crippen LogP contribution in [0.1, 0.15) is 17.3 Å². The van der Waals surface area contributed by atoms with Gasteiger partial charge in [-0.2, -0.15) is 5.10 Å². The molecule has 0 amide bonds. The van der Waals surface area contributed by atoms with Crippen LogP contribution < -0.4 is 4.74 Å². The van der Waals surface area contributed by atoms with Crippen LogP contribution in [0.5, 0.6) is 5.75 Å². The molecule has 0 unspecified atom stereocenters. The summed E-state index contributed by atoms with van der Waals surface area (Å²) < 4.78 is 15.4. The van der Waals surface area contributed by atoms with Crippen molar-refractivity contribution in [3.05, 3.63) is 57.4 Å². The summed E-state index contributed by atoms with van der Waals surface area (Å²) in [6.07, 6.45) is 0. The maximum absolute atomic E-state index is 6.16. The molecule has 0 saturated carbocycles. The summed E-state index contributed by atoms with van der Waals surface area (Å²) in [7, 11) is 1.91. The van der Waals surface area contributed by atoms with Crippen molar-refractivity contribution in [3.8, 4) is 5.75 Å². The van der Waals surface area contributed by atoms with Gasteiger partial charge in [-0.25, -0.2) is 4.68 Å². The van der Waals surface area contributed by atoms with Crippen molar-refractivity contribution in [1.82, 2.24) is 29.3 Å². The minimum absolute atomic E-state index is 0.307. The summed E-state index contributed by atoms with van der Waals surface area (Å²) >= 11 is 11.7. The highest BCUT2D eigenvalue weighted by Crippen LogP contribution is 2.24. The quantitative estimate of drug-likeness (QED) is 0.514. The molecule has 0 aliphatic carbocycles. The highest BCUT2D eigenvalue weighted by Gasteiger charge is 2.20. The van der Waals surface area contributed by atoms with E-state index in [2.05, 4.69) is 20.1 Å². The lowest BCUT2D eigenvalue weighted by atomic mass is 10.3. The summed E-state index contributed by atoms with van der Waals surface area (Å²) in [5, 5.41) is 9.33. The number of halogens is 1. The molecule has 1 aromatic carbocycles. The number of piperazine rings is 1. The number of rotatable bonds is 7. The SMILES string of the molecule is Cc1cc(CN2CCN(Cn3nc(COc4ccccc4Cl)n(C)c3=S)CC2)no1. The van der Waals surface area contributed by atoms with Gasteiger partial charge in [0.05, 0.1) is 17.4 Å². The Balaban J connectivity index is 1.32. The van der Waals surface area contributed by atoms with Crippen LogP contribution in [0, 0.1) is 11.7 Å². The van der Waals surface area contributed by atoms with Crippen LogP contribution in [0.2, 0.25) is 5.02 Å². The summed E-state index contributed by atoms with van der Waals surface area (Å²) in [5.41, 5.74) is 0.982. The van der Waals surface area contributed by atoms with Crippen molar-refractivity contribution in [1.29, 1.82) is 0 Å². The fraction of sp³-hybridized carbons (Fsp3) is 0.450. The Bertz CT molecular complexity index is 1050. The number of para-hydroxylation sites is 1.